The molecule has 0 saturated carbocycles. The molecule has 0 fully saturated rings. The van der Waals surface area contributed by atoms with Gasteiger partial charge in [-0.05, 0) is 26.0 Å². The van der Waals surface area contributed by atoms with E-state index in [0.717, 1.165) is 0 Å². The number of para-hydroxylation sites is 1. The molecular formula is C13H16N2O3. The maximum Gasteiger partial charge on any atom is 0.258 e. The number of carbonyl (C=O) groups excluding carboxylic acids is 1. The largest absolute Gasteiger partial charge is 0.504 e. The number of aromatic hydroxyl groups is 2. The molecule has 1 aromatic carbocycles. The van der Waals surface area contributed by atoms with E-state index in [1.165, 1.54) is 23.1 Å². The summed E-state index contributed by atoms with van der Waals surface area (Å²) in [6.07, 6.45) is 0.226. The van der Waals surface area contributed by atoms with Gasteiger partial charge in [0.2, 0.25) is 0 Å². The van der Waals surface area contributed by atoms with Crippen molar-refractivity contribution >= 4 is 5.91 Å². The summed E-state index contributed by atoms with van der Waals surface area (Å²) in [5.41, 5.74) is 0.0432. The summed E-state index contributed by atoms with van der Waals surface area (Å²) >= 11 is 0. The van der Waals surface area contributed by atoms with Crippen molar-refractivity contribution in [1.29, 1.82) is 5.26 Å². The van der Waals surface area contributed by atoms with Gasteiger partial charge in [0.25, 0.3) is 5.91 Å². The van der Waals surface area contributed by atoms with Crippen LogP contribution in [0, 0.1) is 11.3 Å². The van der Waals surface area contributed by atoms with E-state index in [1.54, 1.807) is 0 Å². The first-order valence-electron chi connectivity index (χ1n) is 5.68. The molecule has 1 rings (SSSR count). The molecule has 0 atom stereocenters. The summed E-state index contributed by atoms with van der Waals surface area (Å²) in [5.74, 6) is -1.15. The first-order chi connectivity index (χ1) is 8.49. The van der Waals surface area contributed by atoms with Gasteiger partial charge in [-0.25, -0.2) is 0 Å². The Bertz CT molecular complexity index is 478. The smallest absolute Gasteiger partial charge is 0.258 e. The van der Waals surface area contributed by atoms with Crippen LogP contribution in [0.2, 0.25) is 0 Å². The second kappa shape index (κ2) is 5.92. The van der Waals surface area contributed by atoms with Crippen LogP contribution in [0.1, 0.15) is 30.6 Å². The van der Waals surface area contributed by atoms with Gasteiger partial charge in [0.1, 0.15) is 0 Å². The van der Waals surface area contributed by atoms with Crippen molar-refractivity contribution in [3.63, 3.8) is 0 Å². The molecule has 0 aromatic heterocycles. The molecule has 2 N–H and O–H groups in total. The second-order valence-corrected chi connectivity index (χ2v) is 4.17. The zero-order chi connectivity index (χ0) is 13.7. The molecule has 0 heterocycles. The molecule has 96 valence electrons. The number of phenols is 2. The maximum atomic E-state index is 12.2. The van der Waals surface area contributed by atoms with Crippen LogP contribution >= 0.6 is 0 Å². The van der Waals surface area contributed by atoms with Crippen molar-refractivity contribution < 1.29 is 15.0 Å². The number of hydrogen-bond acceptors (Lipinski definition) is 4. The normalized spacial score (nSPS) is 10.1. The summed E-state index contributed by atoms with van der Waals surface area (Å²) in [5, 5.41) is 27.6. The van der Waals surface area contributed by atoms with E-state index >= 15 is 0 Å². The molecule has 18 heavy (non-hydrogen) atoms. The van der Waals surface area contributed by atoms with Gasteiger partial charge in [0.05, 0.1) is 18.1 Å². The van der Waals surface area contributed by atoms with Gasteiger partial charge >= 0.3 is 0 Å². The van der Waals surface area contributed by atoms with E-state index in [4.69, 9.17) is 5.26 Å². The van der Waals surface area contributed by atoms with Crippen molar-refractivity contribution in [2.45, 2.75) is 26.3 Å². The number of amides is 1. The maximum absolute atomic E-state index is 12.2. The van der Waals surface area contributed by atoms with Gasteiger partial charge in [-0.1, -0.05) is 6.07 Å². The lowest BCUT2D eigenvalue weighted by Gasteiger charge is -2.26. The van der Waals surface area contributed by atoms with Gasteiger partial charge < -0.3 is 15.1 Å². The Balaban J connectivity index is 3.03. The van der Waals surface area contributed by atoms with Crippen molar-refractivity contribution in [2.75, 3.05) is 6.54 Å². The summed E-state index contributed by atoms with van der Waals surface area (Å²) in [6.45, 7) is 3.95. The number of carbonyl (C=O) groups is 1. The third kappa shape index (κ3) is 2.92. The summed E-state index contributed by atoms with van der Waals surface area (Å²) in [6, 6.07) is 6.13. The number of phenolic OH excluding ortho intramolecular Hbond substituents is 2. The fraction of sp³-hybridized carbons (Fsp3) is 0.385. The molecule has 5 heteroatoms. The van der Waals surface area contributed by atoms with Crippen LogP contribution in [0.15, 0.2) is 18.2 Å². The van der Waals surface area contributed by atoms with Crippen LogP contribution in [0.25, 0.3) is 0 Å². The fourth-order valence-corrected chi connectivity index (χ4v) is 1.62. The molecule has 5 nitrogen and oxygen atoms in total. The van der Waals surface area contributed by atoms with Gasteiger partial charge in [0.15, 0.2) is 11.5 Å². The van der Waals surface area contributed by atoms with Crippen LogP contribution in [-0.2, 0) is 0 Å². The molecular weight excluding hydrogens is 232 g/mol. The van der Waals surface area contributed by atoms with Crippen LogP contribution < -0.4 is 0 Å². The molecule has 0 saturated heterocycles. The van der Waals surface area contributed by atoms with Crippen molar-refractivity contribution in [1.82, 2.24) is 4.90 Å². The third-order valence-corrected chi connectivity index (χ3v) is 2.59. The van der Waals surface area contributed by atoms with Crippen LogP contribution in [0.3, 0.4) is 0 Å². The SMILES string of the molecule is CC(C)N(CCC#N)C(=O)c1cccc(O)c1O. The zero-order valence-corrected chi connectivity index (χ0v) is 10.4. The number of nitrogens with zero attached hydrogens (tertiary/aromatic N) is 2. The van der Waals surface area contributed by atoms with E-state index in [2.05, 4.69) is 0 Å². The van der Waals surface area contributed by atoms with E-state index in [1.807, 2.05) is 19.9 Å². The topological polar surface area (TPSA) is 84.6 Å². The highest BCUT2D eigenvalue weighted by Gasteiger charge is 2.22. The number of rotatable bonds is 4. The molecule has 0 spiro atoms. The average molecular weight is 248 g/mol. The summed E-state index contributed by atoms with van der Waals surface area (Å²) in [4.78, 5) is 13.7. The first kappa shape index (κ1) is 13.8. The molecule has 1 aromatic rings. The first-order valence-corrected chi connectivity index (χ1v) is 5.68. The number of hydrogen-bond donors (Lipinski definition) is 2. The van der Waals surface area contributed by atoms with Gasteiger partial charge in [-0.3, -0.25) is 4.79 Å². The van der Waals surface area contributed by atoms with Crippen molar-refractivity contribution in [3.05, 3.63) is 23.8 Å². The van der Waals surface area contributed by atoms with Gasteiger partial charge in [-0.15, -0.1) is 0 Å². The molecule has 0 aliphatic rings. The number of nitriles is 1. The molecule has 0 radical (unpaired) electrons. The fourth-order valence-electron chi connectivity index (χ4n) is 1.62. The van der Waals surface area contributed by atoms with Crippen molar-refractivity contribution in [2.24, 2.45) is 0 Å². The highest BCUT2D eigenvalue weighted by molar-refractivity contribution is 5.97. The molecule has 0 aliphatic carbocycles. The molecule has 0 aliphatic heterocycles. The van der Waals surface area contributed by atoms with Crippen molar-refractivity contribution in [3.8, 4) is 17.6 Å². The monoisotopic (exact) mass is 248 g/mol. The lowest BCUT2D eigenvalue weighted by Crippen LogP contribution is -2.37. The molecule has 0 bridgehead atoms. The Morgan fingerprint density at radius 3 is 2.67 bits per heavy atom. The second-order valence-electron chi connectivity index (χ2n) is 4.17. The van der Waals surface area contributed by atoms with E-state index < -0.39 is 11.7 Å². The molecule has 0 unspecified atom stereocenters. The average Bonchev–Trinajstić information content (AvgIpc) is 2.32. The number of benzene rings is 1. The minimum Gasteiger partial charge on any atom is -0.504 e. The Morgan fingerprint density at radius 1 is 1.44 bits per heavy atom. The Morgan fingerprint density at radius 2 is 2.11 bits per heavy atom. The van der Waals surface area contributed by atoms with Crippen LogP contribution in [0.4, 0.5) is 0 Å². The van der Waals surface area contributed by atoms with Gasteiger partial charge in [-0.2, -0.15) is 5.26 Å². The Hall–Kier alpha value is -2.22. The minimum atomic E-state index is -0.426. The van der Waals surface area contributed by atoms with E-state index in [0.29, 0.717) is 6.54 Å². The van der Waals surface area contributed by atoms with Crippen LogP contribution in [0.5, 0.6) is 11.5 Å². The highest BCUT2D eigenvalue weighted by atomic mass is 16.3. The summed E-state index contributed by atoms with van der Waals surface area (Å²) < 4.78 is 0. The Kier molecular flexibility index (Phi) is 4.55. The van der Waals surface area contributed by atoms with Gasteiger partial charge in [0, 0.05) is 12.6 Å². The lowest BCUT2D eigenvalue weighted by atomic mass is 10.1. The van der Waals surface area contributed by atoms with Crippen LogP contribution in [-0.4, -0.2) is 33.6 Å². The Labute approximate surface area is 106 Å². The zero-order valence-electron chi connectivity index (χ0n) is 10.4. The lowest BCUT2D eigenvalue weighted by molar-refractivity contribution is 0.0706. The third-order valence-electron chi connectivity index (χ3n) is 2.59. The van der Waals surface area contributed by atoms with E-state index in [9.17, 15) is 15.0 Å². The standard InChI is InChI=1S/C13H16N2O3/c1-9(2)15(8-4-7-14)13(18)10-5-3-6-11(16)12(10)17/h3,5-6,9,16-17H,4,8H2,1-2H3. The highest BCUT2D eigenvalue weighted by Crippen LogP contribution is 2.29. The predicted molar refractivity (Wildman–Crippen MR) is 66.2 cm³/mol. The quantitative estimate of drug-likeness (QED) is 0.796. The van der Waals surface area contributed by atoms with E-state index in [-0.39, 0.29) is 23.8 Å². The molecule has 1 amide bonds. The summed E-state index contributed by atoms with van der Waals surface area (Å²) in [7, 11) is 0. The minimum absolute atomic E-state index is 0.0432. The predicted octanol–water partition coefficient (Wildman–Crippen LogP) is 1.86.